The number of halogens is 1. The molecule has 1 unspecified atom stereocenters. The summed E-state index contributed by atoms with van der Waals surface area (Å²) < 4.78 is 48.0. The molecule has 1 saturated heterocycles. The Morgan fingerprint density at radius 2 is 2.18 bits per heavy atom. The summed E-state index contributed by atoms with van der Waals surface area (Å²) in [5, 5.41) is 0. The van der Waals surface area contributed by atoms with Gasteiger partial charge in [0, 0.05) is 32.5 Å². The van der Waals surface area contributed by atoms with Crippen molar-refractivity contribution in [1.29, 1.82) is 0 Å². The van der Waals surface area contributed by atoms with Crippen LogP contribution in [-0.4, -0.2) is 62.0 Å². The number of sulfone groups is 1. The first kappa shape index (κ1) is 20.5. The molecule has 0 aliphatic carbocycles. The Hall–Kier alpha value is -2.26. The molecule has 0 saturated carbocycles. The highest BCUT2D eigenvalue weighted by Gasteiger charge is 2.34. The van der Waals surface area contributed by atoms with E-state index in [1.54, 1.807) is 23.1 Å². The smallest absolute Gasteiger partial charge is 0.223 e. The summed E-state index contributed by atoms with van der Waals surface area (Å²) in [6.45, 7) is 0.667. The highest BCUT2D eigenvalue weighted by molar-refractivity contribution is 7.91. The summed E-state index contributed by atoms with van der Waals surface area (Å²) in [4.78, 5) is 18.4. The van der Waals surface area contributed by atoms with E-state index < -0.39 is 15.7 Å². The van der Waals surface area contributed by atoms with Gasteiger partial charge in [-0.1, -0.05) is 12.1 Å². The third-order valence-electron chi connectivity index (χ3n) is 4.75. The van der Waals surface area contributed by atoms with Gasteiger partial charge in [-0.2, -0.15) is 0 Å². The second-order valence-electron chi connectivity index (χ2n) is 6.73. The van der Waals surface area contributed by atoms with Crippen molar-refractivity contribution in [3.05, 3.63) is 42.2 Å². The predicted octanol–water partition coefficient (Wildman–Crippen LogP) is 2.08. The van der Waals surface area contributed by atoms with E-state index >= 15 is 0 Å². The number of carbonyl (C=O) groups is 1. The number of benzene rings is 1. The monoisotopic (exact) mass is 410 g/mol. The fourth-order valence-corrected chi connectivity index (χ4v) is 5.02. The summed E-state index contributed by atoms with van der Waals surface area (Å²) in [5.74, 6) is 0.134. The lowest BCUT2D eigenvalue weighted by Gasteiger charge is -2.28. The number of aryl methyl sites for hydroxylation is 1. The van der Waals surface area contributed by atoms with E-state index in [-0.39, 0.29) is 36.3 Å². The third-order valence-corrected chi connectivity index (χ3v) is 6.50. The van der Waals surface area contributed by atoms with Crippen LogP contribution in [0.4, 0.5) is 4.39 Å². The first-order valence-electron chi connectivity index (χ1n) is 9.08. The fraction of sp³-hybridized carbons (Fsp3) is 0.474. The maximum Gasteiger partial charge on any atom is 0.223 e. The zero-order valence-electron chi connectivity index (χ0n) is 15.6. The minimum Gasteiger partial charge on any atom is -0.441 e. The molecule has 1 atom stereocenters. The summed E-state index contributed by atoms with van der Waals surface area (Å²) in [5.41, 5.74) is 0.311. The van der Waals surface area contributed by atoms with E-state index in [0.29, 0.717) is 36.8 Å². The van der Waals surface area contributed by atoms with Gasteiger partial charge in [-0.15, -0.1) is 0 Å². The molecule has 9 heteroatoms. The molecule has 0 spiro atoms. The summed E-state index contributed by atoms with van der Waals surface area (Å²) in [6.07, 6.45) is 2.24. The Morgan fingerprint density at radius 1 is 1.39 bits per heavy atom. The SMILES string of the molecule is COCCN(C(=O)CCc1ncc(-c2ccccc2F)o1)C1CCS(=O)(=O)C1. The number of oxazole rings is 1. The Labute approximate surface area is 163 Å². The van der Waals surface area contributed by atoms with Crippen LogP contribution in [0.2, 0.25) is 0 Å². The quantitative estimate of drug-likeness (QED) is 0.662. The number of nitrogens with zero attached hydrogens (tertiary/aromatic N) is 2. The van der Waals surface area contributed by atoms with Crippen LogP contribution >= 0.6 is 0 Å². The molecule has 0 N–H and O–H groups in total. The molecule has 2 aromatic rings. The average molecular weight is 410 g/mol. The van der Waals surface area contributed by atoms with E-state index in [1.807, 2.05) is 0 Å². The molecular formula is C19H23FN2O5S. The molecule has 152 valence electrons. The first-order chi connectivity index (χ1) is 13.4. The number of methoxy groups -OCH3 is 1. The maximum absolute atomic E-state index is 13.8. The largest absolute Gasteiger partial charge is 0.441 e. The van der Waals surface area contributed by atoms with Crippen LogP contribution in [-0.2, 0) is 25.8 Å². The molecule has 1 aliphatic rings. The lowest BCUT2D eigenvalue weighted by atomic mass is 10.2. The number of hydrogen-bond donors (Lipinski definition) is 0. The maximum atomic E-state index is 13.8. The normalized spacial score (nSPS) is 18.3. The molecule has 7 nitrogen and oxygen atoms in total. The molecule has 3 rings (SSSR count). The summed E-state index contributed by atoms with van der Waals surface area (Å²) >= 11 is 0. The van der Waals surface area contributed by atoms with Crippen molar-refractivity contribution in [2.45, 2.75) is 25.3 Å². The number of hydrogen-bond acceptors (Lipinski definition) is 6. The van der Waals surface area contributed by atoms with Crippen molar-refractivity contribution in [2.75, 3.05) is 31.8 Å². The highest BCUT2D eigenvalue weighted by Crippen LogP contribution is 2.24. The molecule has 1 aliphatic heterocycles. The van der Waals surface area contributed by atoms with Crippen molar-refractivity contribution in [3.8, 4) is 11.3 Å². The molecule has 1 aromatic carbocycles. The van der Waals surface area contributed by atoms with Crippen LogP contribution in [0.3, 0.4) is 0 Å². The van der Waals surface area contributed by atoms with Crippen LogP contribution in [0, 0.1) is 5.82 Å². The van der Waals surface area contributed by atoms with Crippen molar-refractivity contribution in [3.63, 3.8) is 0 Å². The van der Waals surface area contributed by atoms with Gasteiger partial charge >= 0.3 is 0 Å². The molecule has 2 heterocycles. The van der Waals surface area contributed by atoms with Gasteiger partial charge < -0.3 is 14.1 Å². The van der Waals surface area contributed by atoms with Gasteiger partial charge in [0.15, 0.2) is 21.5 Å². The standard InChI is InChI=1S/C19H23FN2O5S/c1-26-10-9-22(14-8-11-28(24,25)13-14)19(23)7-6-18-21-12-17(27-18)15-4-2-3-5-16(15)20/h2-5,12,14H,6-11,13H2,1H3. The molecule has 28 heavy (non-hydrogen) atoms. The first-order valence-corrected chi connectivity index (χ1v) is 10.9. The summed E-state index contributed by atoms with van der Waals surface area (Å²) in [6, 6.07) is 5.90. The van der Waals surface area contributed by atoms with Crippen molar-refractivity contribution < 1.29 is 26.8 Å². The topological polar surface area (TPSA) is 89.7 Å². The van der Waals surface area contributed by atoms with E-state index in [1.165, 1.54) is 19.4 Å². The minimum atomic E-state index is -3.10. The number of aromatic nitrogens is 1. The van der Waals surface area contributed by atoms with Crippen LogP contribution < -0.4 is 0 Å². The lowest BCUT2D eigenvalue weighted by molar-refractivity contribution is -0.133. The Bertz CT molecular complexity index is 928. The highest BCUT2D eigenvalue weighted by atomic mass is 32.2. The fourth-order valence-electron chi connectivity index (χ4n) is 3.29. The molecule has 1 aromatic heterocycles. The molecule has 0 bridgehead atoms. The second kappa shape index (κ2) is 8.83. The second-order valence-corrected chi connectivity index (χ2v) is 8.96. The van der Waals surface area contributed by atoms with Crippen molar-refractivity contribution in [2.24, 2.45) is 0 Å². The van der Waals surface area contributed by atoms with Gasteiger partial charge in [0.2, 0.25) is 5.91 Å². The zero-order chi connectivity index (χ0) is 20.1. The minimum absolute atomic E-state index is 0.0150. The third kappa shape index (κ3) is 4.96. The van der Waals surface area contributed by atoms with E-state index in [4.69, 9.17) is 9.15 Å². The van der Waals surface area contributed by atoms with Crippen molar-refractivity contribution in [1.82, 2.24) is 9.88 Å². The Morgan fingerprint density at radius 3 is 2.86 bits per heavy atom. The van der Waals surface area contributed by atoms with Gasteiger partial charge in [0.25, 0.3) is 0 Å². The Balaban J connectivity index is 1.64. The molecule has 0 radical (unpaired) electrons. The lowest BCUT2D eigenvalue weighted by Crippen LogP contribution is -2.43. The van der Waals surface area contributed by atoms with Gasteiger partial charge in [0.05, 0.1) is 29.9 Å². The number of ether oxygens (including phenoxy) is 1. The molecule has 1 amide bonds. The Kier molecular flexibility index (Phi) is 6.46. The van der Waals surface area contributed by atoms with Crippen LogP contribution in [0.1, 0.15) is 18.7 Å². The average Bonchev–Trinajstić information content (AvgIpc) is 3.27. The van der Waals surface area contributed by atoms with E-state index in [9.17, 15) is 17.6 Å². The molecular weight excluding hydrogens is 387 g/mol. The van der Waals surface area contributed by atoms with Crippen LogP contribution in [0.25, 0.3) is 11.3 Å². The van der Waals surface area contributed by atoms with Crippen LogP contribution in [0.15, 0.2) is 34.9 Å². The predicted molar refractivity (Wildman–Crippen MR) is 101 cm³/mol. The van der Waals surface area contributed by atoms with Crippen LogP contribution in [0.5, 0.6) is 0 Å². The number of amides is 1. The van der Waals surface area contributed by atoms with Gasteiger partial charge in [-0.3, -0.25) is 4.79 Å². The van der Waals surface area contributed by atoms with Gasteiger partial charge in [0.1, 0.15) is 5.82 Å². The van der Waals surface area contributed by atoms with Gasteiger partial charge in [-0.05, 0) is 18.6 Å². The number of carbonyl (C=O) groups excluding carboxylic acids is 1. The number of rotatable bonds is 8. The zero-order valence-corrected chi connectivity index (χ0v) is 16.5. The molecule has 1 fully saturated rings. The van der Waals surface area contributed by atoms with E-state index in [2.05, 4.69) is 4.98 Å². The van der Waals surface area contributed by atoms with Crippen molar-refractivity contribution >= 4 is 15.7 Å². The van der Waals surface area contributed by atoms with E-state index in [0.717, 1.165) is 0 Å². The van der Waals surface area contributed by atoms with Gasteiger partial charge in [-0.25, -0.2) is 17.8 Å². The summed E-state index contributed by atoms with van der Waals surface area (Å²) in [7, 11) is -1.57.